The van der Waals surface area contributed by atoms with Crippen molar-refractivity contribution in [2.45, 2.75) is 156 Å². The number of fused-ring (bicyclic) bond motifs is 5. The normalized spacial score (nSPS) is 40.3. The summed E-state index contributed by atoms with van der Waals surface area (Å²) in [5.74, 6) is 2.68. The number of hydrogen-bond acceptors (Lipinski definition) is 4. The molecule has 5 rings (SSSR count). The fraction of sp³-hybridized carbons (Fsp3) is 0.892. The van der Waals surface area contributed by atoms with Gasteiger partial charge in [-0.3, -0.25) is 4.90 Å². The van der Waals surface area contributed by atoms with Crippen LogP contribution in [0.1, 0.15) is 139 Å². The molecule has 6 nitrogen and oxygen atoms in total. The van der Waals surface area contributed by atoms with Crippen LogP contribution in [0.4, 0.5) is 4.79 Å². The fourth-order valence-electron chi connectivity index (χ4n) is 11.3. The lowest BCUT2D eigenvalue weighted by molar-refractivity contribution is -0.154. The monoisotopic (exact) mass is 599 g/mol. The van der Waals surface area contributed by atoms with Gasteiger partial charge in [0, 0.05) is 6.54 Å². The highest BCUT2D eigenvalue weighted by Gasteiger charge is 2.62. The number of likely N-dealkylation sites (tertiary alicyclic amines) is 1. The molecule has 6 heteroatoms. The van der Waals surface area contributed by atoms with Crippen molar-refractivity contribution in [3.05, 3.63) is 11.6 Å². The van der Waals surface area contributed by atoms with Gasteiger partial charge in [-0.15, -0.1) is 0 Å². The van der Waals surface area contributed by atoms with Crippen molar-refractivity contribution in [3.63, 3.8) is 0 Å². The Kier molecular flexibility index (Phi) is 8.67. The molecule has 5 aliphatic rings. The van der Waals surface area contributed by atoms with Gasteiger partial charge in [0.1, 0.15) is 11.1 Å². The third-order valence-electron chi connectivity index (χ3n) is 13.4. The number of carbonyl (C=O) groups excluding carboxylic acids is 1. The largest absolute Gasteiger partial charge is 0.479 e. The average Bonchev–Trinajstić information content (AvgIpc) is 3.49. The van der Waals surface area contributed by atoms with Gasteiger partial charge in [-0.05, 0) is 152 Å². The average molecular weight is 600 g/mol. The van der Waals surface area contributed by atoms with E-state index in [0.717, 1.165) is 56.3 Å². The summed E-state index contributed by atoms with van der Waals surface area (Å²) in [6, 6.07) is 0. The van der Waals surface area contributed by atoms with Crippen molar-refractivity contribution >= 4 is 12.1 Å². The number of nitrogens with zero attached hydrogens (tertiary/aromatic N) is 1. The lowest BCUT2D eigenvalue weighted by Crippen LogP contribution is -2.60. The molecular weight excluding hydrogens is 538 g/mol. The predicted octanol–water partition coefficient (Wildman–Crippen LogP) is 8.61. The smallest absolute Gasteiger partial charge is 0.411 e. The molecule has 3 saturated carbocycles. The van der Waals surface area contributed by atoms with Gasteiger partial charge in [0.15, 0.2) is 0 Å². The van der Waals surface area contributed by atoms with Crippen LogP contribution in [0.3, 0.4) is 0 Å². The van der Waals surface area contributed by atoms with Crippen LogP contribution in [0.5, 0.6) is 0 Å². The van der Waals surface area contributed by atoms with Crippen LogP contribution in [0, 0.1) is 46.3 Å². The molecule has 43 heavy (non-hydrogen) atoms. The number of aliphatic hydroxyl groups is 1. The molecular formula is C37H61NO5. The third-order valence-corrected chi connectivity index (χ3v) is 13.4. The van der Waals surface area contributed by atoms with Crippen LogP contribution >= 0.6 is 0 Å². The van der Waals surface area contributed by atoms with Crippen molar-refractivity contribution in [2.24, 2.45) is 46.3 Å². The van der Waals surface area contributed by atoms with E-state index >= 15 is 0 Å². The summed E-state index contributed by atoms with van der Waals surface area (Å²) in [4.78, 5) is 27.9. The molecule has 4 aliphatic carbocycles. The van der Waals surface area contributed by atoms with Gasteiger partial charge >= 0.3 is 12.1 Å². The maximum absolute atomic E-state index is 13.3. The number of rotatable bonds is 7. The Bertz CT molecular complexity index is 1100. The van der Waals surface area contributed by atoms with Gasteiger partial charge < -0.3 is 14.9 Å². The van der Waals surface area contributed by atoms with E-state index in [2.05, 4.69) is 26.8 Å². The standard InChI is InChI=1S/C37H61NO5/c1-24(11-9-18-34(5,6)42)28-14-15-29-27-13-12-25-23-26(16-20-35(25,7)30(27)17-21-36(28,29)8)37(31(39)40)19-10-22-38(37)32(41)43-33(2,3)4/h12,24,26-30,42H,9-11,13-23H2,1-8H3,(H,39,40)/t24?,26-,27-,28+,29-,30-,35-,36+,37?/m0/s1. The summed E-state index contributed by atoms with van der Waals surface area (Å²) in [6.07, 6.45) is 15.5. The molecule has 2 unspecified atom stereocenters. The van der Waals surface area contributed by atoms with E-state index < -0.39 is 28.8 Å². The van der Waals surface area contributed by atoms with E-state index in [1.807, 2.05) is 34.6 Å². The maximum atomic E-state index is 13.3. The Morgan fingerprint density at radius 3 is 2.42 bits per heavy atom. The van der Waals surface area contributed by atoms with Crippen molar-refractivity contribution in [1.29, 1.82) is 0 Å². The van der Waals surface area contributed by atoms with Crippen molar-refractivity contribution < 1.29 is 24.5 Å². The lowest BCUT2D eigenvalue weighted by atomic mass is 9.46. The van der Waals surface area contributed by atoms with E-state index in [-0.39, 0.29) is 11.3 Å². The van der Waals surface area contributed by atoms with Gasteiger partial charge in [-0.25, -0.2) is 9.59 Å². The first kappa shape index (κ1) is 32.8. The number of allylic oxidation sites excluding steroid dienone is 2. The molecule has 1 heterocycles. The van der Waals surface area contributed by atoms with Crippen LogP contribution in [0.15, 0.2) is 11.6 Å². The maximum Gasteiger partial charge on any atom is 0.411 e. The second-order valence-corrected chi connectivity index (χ2v) is 17.6. The molecule has 0 aromatic heterocycles. The molecule has 4 fully saturated rings. The first-order valence-corrected chi connectivity index (χ1v) is 17.6. The van der Waals surface area contributed by atoms with Gasteiger partial charge in [-0.2, -0.15) is 0 Å². The molecule has 9 atom stereocenters. The molecule has 0 aromatic carbocycles. The molecule has 244 valence electrons. The zero-order chi connectivity index (χ0) is 31.6. The van der Waals surface area contributed by atoms with Gasteiger partial charge in [-0.1, -0.05) is 45.3 Å². The Morgan fingerprint density at radius 1 is 1.05 bits per heavy atom. The summed E-state index contributed by atoms with van der Waals surface area (Å²) in [5, 5.41) is 20.9. The zero-order valence-electron chi connectivity index (χ0n) is 28.5. The van der Waals surface area contributed by atoms with Crippen molar-refractivity contribution in [1.82, 2.24) is 4.90 Å². The highest BCUT2D eigenvalue weighted by Crippen LogP contribution is 2.68. The number of amides is 1. The summed E-state index contributed by atoms with van der Waals surface area (Å²) in [7, 11) is 0. The number of ether oxygens (including phenoxy) is 1. The molecule has 1 aliphatic heterocycles. The minimum Gasteiger partial charge on any atom is -0.479 e. The summed E-state index contributed by atoms with van der Waals surface area (Å²) < 4.78 is 5.72. The summed E-state index contributed by atoms with van der Waals surface area (Å²) in [6.45, 7) is 17.4. The topological polar surface area (TPSA) is 87.1 Å². The Hall–Kier alpha value is -1.56. The van der Waals surface area contributed by atoms with Crippen LogP contribution in [-0.4, -0.2) is 50.5 Å². The van der Waals surface area contributed by atoms with Gasteiger partial charge in [0.2, 0.25) is 0 Å². The van der Waals surface area contributed by atoms with Crippen LogP contribution in [0.2, 0.25) is 0 Å². The Morgan fingerprint density at radius 2 is 1.77 bits per heavy atom. The predicted molar refractivity (Wildman–Crippen MR) is 171 cm³/mol. The molecule has 0 bridgehead atoms. The number of hydrogen-bond donors (Lipinski definition) is 2. The van der Waals surface area contributed by atoms with Gasteiger partial charge in [0.25, 0.3) is 0 Å². The van der Waals surface area contributed by atoms with E-state index in [1.54, 1.807) is 4.90 Å². The van der Waals surface area contributed by atoms with Crippen molar-refractivity contribution in [2.75, 3.05) is 6.54 Å². The molecule has 0 radical (unpaired) electrons. The van der Waals surface area contributed by atoms with Crippen LogP contribution in [0.25, 0.3) is 0 Å². The second kappa shape index (κ2) is 11.4. The minimum atomic E-state index is -1.17. The first-order valence-electron chi connectivity index (χ1n) is 17.6. The molecule has 0 spiro atoms. The van der Waals surface area contributed by atoms with E-state index in [0.29, 0.717) is 36.6 Å². The Balaban J connectivity index is 1.32. The van der Waals surface area contributed by atoms with E-state index in [4.69, 9.17) is 4.74 Å². The van der Waals surface area contributed by atoms with Crippen LogP contribution < -0.4 is 0 Å². The molecule has 2 N–H and O–H groups in total. The number of aliphatic carboxylic acids is 1. The van der Waals surface area contributed by atoms with E-state index in [1.165, 1.54) is 37.7 Å². The SMILES string of the molecule is CC(CCCC(C)(C)O)[C@H]1CC[C@H]2[C@@H]3CC=C4C[C@@H](C5(C(=O)O)CCCN5C(=O)OC(C)(C)C)CC[C@]4(C)[C@H]3CC[C@]12C. The fourth-order valence-corrected chi connectivity index (χ4v) is 11.3. The number of carboxylic acid groups (broad SMARTS) is 1. The van der Waals surface area contributed by atoms with Crippen LogP contribution in [-0.2, 0) is 9.53 Å². The van der Waals surface area contributed by atoms with Crippen molar-refractivity contribution in [3.8, 4) is 0 Å². The summed E-state index contributed by atoms with van der Waals surface area (Å²) >= 11 is 0. The molecule has 1 saturated heterocycles. The number of carbonyl (C=O) groups is 2. The first-order chi connectivity index (χ1) is 19.9. The van der Waals surface area contributed by atoms with E-state index in [9.17, 15) is 19.8 Å². The Labute approximate surface area is 261 Å². The van der Waals surface area contributed by atoms with Gasteiger partial charge in [0.05, 0.1) is 5.60 Å². The third kappa shape index (κ3) is 5.81. The highest BCUT2D eigenvalue weighted by molar-refractivity contribution is 5.86. The minimum absolute atomic E-state index is 0.0784. The number of carboxylic acids is 1. The lowest BCUT2D eigenvalue weighted by Gasteiger charge is -2.59. The second-order valence-electron chi connectivity index (χ2n) is 17.6. The summed E-state index contributed by atoms with van der Waals surface area (Å²) in [5.41, 5.74) is -0.396. The highest BCUT2D eigenvalue weighted by atomic mass is 16.6. The molecule has 1 amide bonds. The quantitative estimate of drug-likeness (QED) is 0.286. The zero-order valence-corrected chi connectivity index (χ0v) is 28.5. The molecule has 0 aromatic rings.